The standard InChI is InChI=1S/C12H18N4OS/c1-15-6-8-16(9-7-15)12(18,11(13)17)10-4-2-3-5-14-10/h2-5,18H,6-9H2,1H3,(H2,13,17). The molecule has 1 saturated heterocycles. The number of nitrogens with zero attached hydrogens (tertiary/aromatic N) is 3. The van der Waals surface area contributed by atoms with Crippen molar-refractivity contribution in [3.63, 3.8) is 0 Å². The van der Waals surface area contributed by atoms with Crippen LogP contribution in [0.2, 0.25) is 0 Å². The number of primary amides is 1. The lowest BCUT2D eigenvalue weighted by molar-refractivity contribution is -0.126. The highest BCUT2D eigenvalue weighted by Crippen LogP contribution is 2.31. The molecule has 1 aliphatic heterocycles. The summed E-state index contributed by atoms with van der Waals surface area (Å²) in [7, 11) is 2.06. The van der Waals surface area contributed by atoms with Crippen LogP contribution < -0.4 is 5.73 Å². The van der Waals surface area contributed by atoms with Gasteiger partial charge in [0.15, 0.2) is 4.87 Å². The van der Waals surface area contributed by atoms with E-state index in [0.29, 0.717) is 5.69 Å². The number of likely N-dealkylation sites (N-methyl/N-ethyl adjacent to an activating group) is 1. The van der Waals surface area contributed by atoms with Crippen LogP contribution in [0.4, 0.5) is 0 Å². The minimum atomic E-state index is -1.12. The molecular formula is C12H18N4OS. The highest BCUT2D eigenvalue weighted by molar-refractivity contribution is 7.82. The second-order valence-corrected chi connectivity index (χ2v) is 5.19. The number of hydrogen-bond acceptors (Lipinski definition) is 5. The monoisotopic (exact) mass is 266 g/mol. The first-order valence-electron chi connectivity index (χ1n) is 5.92. The summed E-state index contributed by atoms with van der Waals surface area (Å²) >= 11 is 4.55. The number of rotatable bonds is 3. The Morgan fingerprint density at radius 1 is 1.39 bits per heavy atom. The second kappa shape index (κ2) is 5.26. The minimum Gasteiger partial charge on any atom is -0.367 e. The third-order valence-corrected chi connectivity index (χ3v) is 4.06. The van der Waals surface area contributed by atoms with Gasteiger partial charge in [-0.15, -0.1) is 12.6 Å². The number of carbonyl (C=O) groups is 1. The summed E-state index contributed by atoms with van der Waals surface area (Å²) in [6.07, 6.45) is 1.65. The third-order valence-electron chi connectivity index (χ3n) is 3.33. The van der Waals surface area contributed by atoms with Crippen LogP contribution in [0.15, 0.2) is 24.4 Å². The van der Waals surface area contributed by atoms with Gasteiger partial charge in [-0.25, -0.2) is 0 Å². The molecule has 1 unspecified atom stereocenters. The summed E-state index contributed by atoms with van der Waals surface area (Å²) in [5.74, 6) is -0.478. The number of aromatic nitrogens is 1. The molecule has 1 amide bonds. The topological polar surface area (TPSA) is 62.5 Å². The Kier molecular flexibility index (Phi) is 3.89. The summed E-state index contributed by atoms with van der Waals surface area (Å²) in [6, 6.07) is 5.44. The van der Waals surface area contributed by atoms with Gasteiger partial charge in [-0.1, -0.05) is 6.07 Å². The Morgan fingerprint density at radius 2 is 2.06 bits per heavy atom. The maximum absolute atomic E-state index is 11.9. The van der Waals surface area contributed by atoms with Crippen molar-refractivity contribution < 1.29 is 4.79 Å². The fourth-order valence-corrected chi connectivity index (χ4v) is 2.48. The molecule has 0 saturated carbocycles. The molecular weight excluding hydrogens is 248 g/mol. The predicted octanol–water partition coefficient (Wildman–Crippen LogP) is -0.103. The van der Waals surface area contributed by atoms with Gasteiger partial charge in [-0.2, -0.15) is 0 Å². The van der Waals surface area contributed by atoms with E-state index in [0.717, 1.165) is 26.2 Å². The van der Waals surface area contributed by atoms with E-state index < -0.39 is 10.8 Å². The van der Waals surface area contributed by atoms with Crippen LogP contribution >= 0.6 is 12.6 Å². The zero-order chi connectivity index (χ0) is 13.2. The van der Waals surface area contributed by atoms with Crippen LogP contribution in [0, 0.1) is 0 Å². The average Bonchev–Trinajstić information content (AvgIpc) is 2.39. The Morgan fingerprint density at radius 3 is 2.56 bits per heavy atom. The largest absolute Gasteiger partial charge is 0.367 e. The second-order valence-electron chi connectivity index (χ2n) is 4.54. The SMILES string of the molecule is CN1CCN(C(S)(C(N)=O)c2ccccn2)CC1. The molecule has 1 atom stereocenters. The number of nitrogens with two attached hydrogens (primary N) is 1. The van der Waals surface area contributed by atoms with Crippen molar-refractivity contribution in [1.29, 1.82) is 0 Å². The molecule has 18 heavy (non-hydrogen) atoms. The summed E-state index contributed by atoms with van der Waals surface area (Å²) in [6.45, 7) is 3.28. The van der Waals surface area contributed by atoms with Crippen LogP contribution in [-0.2, 0) is 9.67 Å². The van der Waals surface area contributed by atoms with Gasteiger partial charge in [0.05, 0.1) is 5.69 Å². The highest BCUT2D eigenvalue weighted by atomic mass is 32.1. The van der Waals surface area contributed by atoms with Crippen LogP contribution in [0.3, 0.4) is 0 Å². The third kappa shape index (κ3) is 2.36. The van der Waals surface area contributed by atoms with E-state index >= 15 is 0 Å². The fourth-order valence-electron chi connectivity index (χ4n) is 2.14. The number of hydrogen-bond donors (Lipinski definition) is 2. The molecule has 0 radical (unpaired) electrons. The van der Waals surface area contributed by atoms with Gasteiger partial charge in [0.1, 0.15) is 0 Å². The molecule has 5 nitrogen and oxygen atoms in total. The Balaban J connectivity index is 2.30. The molecule has 2 heterocycles. The molecule has 0 aromatic carbocycles. The number of carbonyl (C=O) groups excluding carboxylic acids is 1. The van der Waals surface area contributed by atoms with Crippen molar-refractivity contribution in [3.8, 4) is 0 Å². The van der Waals surface area contributed by atoms with Crippen LogP contribution in [0.5, 0.6) is 0 Å². The average molecular weight is 266 g/mol. The van der Waals surface area contributed by atoms with E-state index in [-0.39, 0.29) is 0 Å². The molecule has 2 rings (SSSR count). The Bertz CT molecular complexity index is 419. The maximum atomic E-state index is 11.9. The first-order valence-corrected chi connectivity index (χ1v) is 6.37. The normalized spacial score (nSPS) is 21.4. The quantitative estimate of drug-likeness (QED) is 0.750. The molecule has 98 valence electrons. The van der Waals surface area contributed by atoms with Gasteiger partial charge in [0.2, 0.25) is 0 Å². The number of thiol groups is 1. The first-order chi connectivity index (χ1) is 8.55. The van der Waals surface area contributed by atoms with Gasteiger partial charge < -0.3 is 10.6 Å². The number of piperazine rings is 1. The van der Waals surface area contributed by atoms with Gasteiger partial charge >= 0.3 is 0 Å². The van der Waals surface area contributed by atoms with Crippen molar-refractivity contribution in [1.82, 2.24) is 14.8 Å². The minimum absolute atomic E-state index is 0.478. The Hall–Kier alpha value is -1.11. The van der Waals surface area contributed by atoms with Gasteiger partial charge in [-0.3, -0.25) is 14.7 Å². The first kappa shape index (κ1) is 13.3. The zero-order valence-corrected chi connectivity index (χ0v) is 11.3. The number of amides is 1. The van der Waals surface area contributed by atoms with Crippen LogP contribution in [0.1, 0.15) is 5.69 Å². The molecule has 0 aliphatic carbocycles. The molecule has 0 bridgehead atoms. The van der Waals surface area contributed by atoms with E-state index in [9.17, 15) is 4.79 Å². The fraction of sp³-hybridized carbons (Fsp3) is 0.500. The van der Waals surface area contributed by atoms with E-state index in [1.54, 1.807) is 12.3 Å². The molecule has 1 aromatic rings. The van der Waals surface area contributed by atoms with Crippen molar-refractivity contribution in [2.45, 2.75) is 4.87 Å². The zero-order valence-electron chi connectivity index (χ0n) is 10.4. The molecule has 1 fully saturated rings. The molecule has 6 heteroatoms. The van der Waals surface area contributed by atoms with E-state index in [4.69, 9.17) is 5.73 Å². The van der Waals surface area contributed by atoms with E-state index in [2.05, 4.69) is 29.6 Å². The van der Waals surface area contributed by atoms with Crippen LogP contribution in [-0.4, -0.2) is 53.9 Å². The molecule has 1 aliphatic rings. The predicted molar refractivity (Wildman–Crippen MR) is 73.2 cm³/mol. The van der Waals surface area contributed by atoms with Crippen molar-refractivity contribution in [2.75, 3.05) is 33.2 Å². The molecule has 2 N–H and O–H groups in total. The molecule has 0 spiro atoms. The number of pyridine rings is 1. The van der Waals surface area contributed by atoms with E-state index in [1.807, 2.05) is 17.0 Å². The van der Waals surface area contributed by atoms with Gasteiger partial charge in [0, 0.05) is 32.4 Å². The van der Waals surface area contributed by atoms with Crippen molar-refractivity contribution in [3.05, 3.63) is 30.1 Å². The smallest absolute Gasteiger partial charge is 0.254 e. The summed E-state index contributed by atoms with van der Waals surface area (Å²) in [4.78, 5) is 19.2. The lowest BCUT2D eigenvalue weighted by atomic mass is 10.1. The summed E-state index contributed by atoms with van der Waals surface area (Å²) in [5.41, 5.74) is 6.15. The highest BCUT2D eigenvalue weighted by Gasteiger charge is 2.43. The van der Waals surface area contributed by atoms with Crippen molar-refractivity contribution >= 4 is 18.5 Å². The van der Waals surface area contributed by atoms with Crippen molar-refractivity contribution in [2.24, 2.45) is 5.73 Å². The van der Waals surface area contributed by atoms with E-state index in [1.165, 1.54) is 0 Å². The van der Waals surface area contributed by atoms with Gasteiger partial charge in [-0.05, 0) is 19.2 Å². The lowest BCUT2D eigenvalue weighted by Crippen LogP contribution is -2.57. The summed E-state index contributed by atoms with van der Waals surface area (Å²) < 4.78 is 0. The maximum Gasteiger partial charge on any atom is 0.254 e. The van der Waals surface area contributed by atoms with Gasteiger partial charge in [0.25, 0.3) is 5.91 Å². The van der Waals surface area contributed by atoms with Crippen LogP contribution in [0.25, 0.3) is 0 Å². The summed E-state index contributed by atoms with van der Waals surface area (Å²) in [5, 5.41) is 0. The molecule has 1 aromatic heterocycles. The lowest BCUT2D eigenvalue weighted by Gasteiger charge is -2.41. The Labute approximate surface area is 112 Å².